The van der Waals surface area contributed by atoms with Gasteiger partial charge in [-0.3, -0.25) is 0 Å². The Morgan fingerprint density at radius 3 is 2.32 bits per heavy atom. The highest BCUT2D eigenvalue weighted by molar-refractivity contribution is 5.45. The van der Waals surface area contributed by atoms with Crippen LogP contribution in [0.15, 0.2) is 24.4 Å². The van der Waals surface area contributed by atoms with E-state index in [9.17, 15) is 13.2 Å². The number of nitrogens with zero attached hydrogens (tertiary/aromatic N) is 3. The molecule has 0 bridgehead atoms. The lowest BCUT2D eigenvalue weighted by atomic mass is 10.2. The largest absolute Gasteiger partial charge is 0.419 e. The number of alkyl halides is 3. The van der Waals surface area contributed by atoms with E-state index in [0.717, 1.165) is 17.5 Å². The molecule has 0 spiro atoms. The van der Waals surface area contributed by atoms with Gasteiger partial charge in [0.05, 0.1) is 5.56 Å². The average molecular weight is 311 g/mol. The maximum Gasteiger partial charge on any atom is 0.419 e. The number of halogens is 3. The standard InChI is InChI=1S/C14H16F3N5/c1-9-8-10(2)22-13(21-9)20-7-6-19-12-11(14(15,16)17)4-3-5-18-12/h3-5,8H,6-7H2,1-2H3,(H,18,19)(H,20,21,22). The molecule has 0 saturated heterocycles. The third-order valence-electron chi connectivity index (χ3n) is 2.80. The van der Waals surface area contributed by atoms with Crippen molar-refractivity contribution in [1.82, 2.24) is 15.0 Å². The first-order valence-electron chi connectivity index (χ1n) is 6.68. The second-order valence-corrected chi connectivity index (χ2v) is 4.73. The predicted molar refractivity (Wildman–Crippen MR) is 77.7 cm³/mol. The molecule has 2 N–H and O–H groups in total. The van der Waals surface area contributed by atoms with Gasteiger partial charge in [0.2, 0.25) is 5.95 Å². The van der Waals surface area contributed by atoms with Crippen molar-refractivity contribution in [3.05, 3.63) is 41.3 Å². The molecular formula is C14H16F3N5. The van der Waals surface area contributed by atoms with Gasteiger partial charge in [-0.1, -0.05) is 0 Å². The fourth-order valence-corrected chi connectivity index (χ4v) is 1.94. The van der Waals surface area contributed by atoms with Crippen LogP contribution in [0.4, 0.5) is 24.9 Å². The van der Waals surface area contributed by atoms with Crippen molar-refractivity contribution in [3.63, 3.8) is 0 Å². The molecule has 5 nitrogen and oxygen atoms in total. The zero-order valence-electron chi connectivity index (χ0n) is 12.2. The zero-order chi connectivity index (χ0) is 16.2. The summed E-state index contributed by atoms with van der Waals surface area (Å²) in [6.07, 6.45) is -3.11. The summed E-state index contributed by atoms with van der Waals surface area (Å²) in [5.74, 6) is 0.273. The van der Waals surface area contributed by atoms with Crippen molar-refractivity contribution < 1.29 is 13.2 Å². The maximum atomic E-state index is 12.8. The lowest BCUT2D eigenvalue weighted by Gasteiger charge is -2.13. The summed E-state index contributed by atoms with van der Waals surface area (Å²) in [6, 6.07) is 4.10. The van der Waals surface area contributed by atoms with Crippen LogP contribution < -0.4 is 10.6 Å². The van der Waals surface area contributed by atoms with E-state index in [2.05, 4.69) is 25.6 Å². The minimum absolute atomic E-state index is 0.182. The van der Waals surface area contributed by atoms with Gasteiger partial charge in [0.15, 0.2) is 0 Å². The molecule has 0 aliphatic heterocycles. The first kappa shape index (κ1) is 16.0. The summed E-state index contributed by atoms with van der Waals surface area (Å²) in [4.78, 5) is 12.1. The summed E-state index contributed by atoms with van der Waals surface area (Å²) in [6.45, 7) is 4.33. The summed E-state index contributed by atoms with van der Waals surface area (Å²) >= 11 is 0. The SMILES string of the molecule is Cc1cc(C)nc(NCCNc2ncccc2C(F)(F)F)n1. The molecule has 0 atom stereocenters. The van der Waals surface area contributed by atoms with Crippen LogP contribution in [0.5, 0.6) is 0 Å². The Balaban J connectivity index is 1.92. The summed E-state index contributed by atoms with van der Waals surface area (Å²) in [5.41, 5.74) is 0.872. The molecule has 0 aliphatic carbocycles. The van der Waals surface area contributed by atoms with Crippen LogP contribution in [0.2, 0.25) is 0 Å². The molecule has 0 amide bonds. The predicted octanol–water partition coefficient (Wildman–Crippen LogP) is 3.03. The number of anilines is 2. The van der Waals surface area contributed by atoms with E-state index < -0.39 is 11.7 Å². The van der Waals surface area contributed by atoms with E-state index in [1.54, 1.807) is 0 Å². The van der Waals surface area contributed by atoms with Gasteiger partial charge in [-0.15, -0.1) is 0 Å². The summed E-state index contributed by atoms with van der Waals surface area (Å²) in [5, 5.41) is 5.63. The highest BCUT2D eigenvalue weighted by atomic mass is 19.4. The highest BCUT2D eigenvalue weighted by Crippen LogP contribution is 2.33. The Hall–Kier alpha value is -2.38. The topological polar surface area (TPSA) is 62.7 Å². The molecule has 0 unspecified atom stereocenters. The van der Waals surface area contributed by atoms with Crippen LogP contribution in [-0.4, -0.2) is 28.0 Å². The molecule has 0 aliphatic rings. The molecule has 0 aromatic carbocycles. The third kappa shape index (κ3) is 4.31. The monoisotopic (exact) mass is 311 g/mol. The van der Waals surface area contributed by atoms with E-state index in [1.165, 1.54) is 12.3 Å². The number of hydrogen-bond donors (Lipinski definition) is 2. The smallest absolute Gasteiger partial charge is 0.368 e. The summed E-state index contributed by atoms with van der Waals surface area (Å²) in [7, 11) is 0. The first-order chi connectivity index (χ1) is 10.4. The van der Waals surface area contributed by atoms with Gasteiger partial charge in [-0.05, 0) is 32.0 Å². The number of aryl methyl sites for hydroxylation is 2. The molecule has 118 valence electrons. The van der Waals surface area contributed by atoms with E-state index >= 15 is 0 Å². The van der Waals surface area contributed by atoms with Crippen molar-refractivity contribution >= 4 is 11.8 Å². The zero-order valence-corrected chi connectivity index (χ0v) is 12.2. The van der Waals surface area contributed by atoms with Gasteiger partial charge in [0.25, 0.3) is 0 Å². The molecule has 0 radical (unpaired) electrons. The molecule has 0 fully saturated rings. The van der Waals surface area contributed by atoms with Crippen LogP contribution in [-0.2, 0) is 6.18 Å². The Kier molecular flexibility index (Phi) is 4.79. The van der Waals surface area contributed by atoms with Crippen molar-refractivity contribution in [2.24, 2.45) is 0 Å². The third-order valence-corrected chi connectivity index (χ3v) is 2.80. The Morgan fingerprint density at radius 1 is 1.05 bits per heavy atom. The first-order valence-corrected chi connectivity index (χ1v) is 6.68. The number of nitrogens with one attached hydrogen (secondary N) is 2. The van der Waals surface area contributed by atoms with Gasteiger partial charge in [0, 0.05) is 30.7 Å². The van der Waals surface area contributed by atoms with Gasteiger partial charge < -0.3 is 10.6 Å². The van der Waals surface area contributed by atoms with Gasteiger partial charge >= 0.3 is 6.18 Å². The van der Waals surface area contributed by atoms with Crippen molar-refractivity contribution in [2.45, 2.75) is 20.0 Å². The quantitative estimate of drug-likeness (QED) is 0.831. The molecular weight excluding hydrogens is 295 g/mol. The second-order valence-electron chi connectivity index (χ2n) is 4.73. The minimum Gasteiger partial charge on any atom is -0.368 e. The minimum atomic E-state index is -4.43. The molecule has 8 heteroatoms. The number of aromatic nitrogens is 3. The van der Waals surface area contributed by atoms with E-state index in [1.807, 2.05) is 19.9 Å². The molecule has 2 aromatic rings. The van der Waals surface area contributed by atoms with Crippen molar-refractivity contribution in [3.8, 4) is 0 Å². The van der Waals surface area contributed by atoms with Crippen molar-refractivity contribution in [1.29, 1.82) is 0 Å². The molecule has 2 rings (SSSR count). The molecule has 2 heterocycles. The lowest BCUT2D eigenvalue weighted by Crippen LogP contribution is -2.18. The maximum absolute atomic E-state index is 12.8. The van der Waals surface area contributed by atoms with Crippen LogP contribution >= 0.6 is 0 Å². The fourth-order valence-electron chi connectivity index (χ4n) is 1.94. The van der Waals surface area contributed by atoms with Gasteiger partial charge in [0.1, 0.15) is 5.82 Å². The fraction of sp³-hybridized carbons (Fsp3) is 0.357. The lowest BCUT2D eigenvalue weighted by molar-refractivity contribution is -0.137. The Bertz CT molecular complexity index is 622. The van der Waals surface area contributed by atoms with Crippen LogP contribution in [0.1, 0.15) is 17.0 Å². The Morgan fingerprint density at radius 2 is 1.68 bits per heavy atom. The van der Waals surface area contributed by atoms with Crippen molar-refractivity contribution in [2.75, 3.05) is 23.7 Å². The molecule has 22 heavy (non-hydrogen) atoms. The van der Waals surface area contributed by atoms with E-state index in [0.29, 0.717) is 12.5 Å². The van der Waals surface area contributed by atoms with Crippen LogP contribution in [0.3, 0.4) is 0 Å². The van der Waals surface area contributed by atoms with Crippen LogP contribution in [0.25, 0.3) is 0 Å². The van der Waals surface area contributed by atoms with E-state index in [-0.39, 0.29) is 12.4 Å². The number of hydrogen-bond acceptors (Lipinski definition) is 5. The van der Waals surface area contributed by atoms with E-state index in [4.69, 9.17) is 0 Å². The van der Waals surface area contributed by atoms with Crippen LogP contribution in [0, 0.1) is 13.8 Å². The highest BCUT2D eigenvalue weighted by Gasteiger charge is 2.33. The molecule has 2 aromatic heterocycles. The number of pyridine rings is 1. The summed E-state index contributed by atoms with van der Waals surface area (Å²) < 4.78 is 38.4. The van der Waals surface area contributed by atoms with Gasteiger partial charge in [-0.2, -0.15) is 13.2 Å². The molecule has 0 saturated carbocycles. The average Bonchev–Trinajstić information content (AvgIpc) is 2.42. The second kappa shape index (κ2) is 6.59. The van der Waals surface area contributed by atoms with Gasteiger partial charge in [-0.25, -0.2) is 15.0 Å². The normalized spacial score (nSPS) is 11.3. The Labute approximate surface area is 126 Å². The number of rotatable bonds is 5.